The largest absolute Gasteiger partial charge is 0.496 e. The number of nitro groups is 1. The smallest absolute Gasteiger partial charge is 0.307 e. The minimum Gasteiger partial charge on any atom is -0.496 e. The van der Waals surface area contributed by atoms with Crippen LogP contribution in [0.25, 0.3) is 0 Å². The van der Waals surface area contributed by atoms with Crippen molar-refractivity contribution >= 4 is 11.7 Å². The summed E-state index contributed by atoms with van der Waals surface area (Å²) < 4.78 is 5.44. The summed E-state index contributed by atoms with van der Waals surface area (Å²) in [5.74, 6) is -1.15. The lowest BCUT2D eigenvalue weighted by Crippen LogP contribution is -2.53. The average molecular weight is 398 g/mol. The van der Waals surface area contributed by atoms with Gasteiger partial charge in [0.25, 0.3) is 5.69 Å². The normalized spacial score (nSPS) is 28.5. The molecule has 0 amide bonds. The molecule has 9 nitrogen and oxygen atoms in total. The van der Waals surface area contributed by atoms with E-state index in [1.165, 1.54) is 12.1 Å². The Balaban J connectivity index is 1.65. The molecule has 4 rings (SSSR count). The average Bonchev–Trinajstić information content (AvgIpc) is 3.17. The third kappa shape index (κ3) is 3.55. The first-order valence-electron chi connectivity index (χ1n) is 9.36. The van der Waals surface area contributed by atoms with Gasteiger partial charge in [-0.2, -0.15) is 0 Å². The van der Waals surface area contributed by atoms with Crippen LogP contribution in [-0.2, 0) is 4.79 Å². The van der Waals surface area contributed by atoms with Crippen molar-refractivity contribution in [3.63, 3.8) is 0 Å². The van der Waals surface area contributed by atoms with Gasteiger partial charge in [0.1, 0.15) is 5.75 Å². The summed E-state index contributed by atoms with van der Waals surface area (Å²) in [7, 11) is 1.59. The molecule has 2 aromatic carbocycles. The predicted molar refractivity (Wildman–Crippen MR) is 104 cm³/mol. The van der Waals surface area contributed by atoms with E-state index in [1.807, 2.05) is 24.3 Å². The Hall–Kier alpha value is -3.01. The van der Waals surface area contributed by atoms with Gasteiger partial charge in [0.2, 0.25) is 0 Å². The van der Waals surface area contributed by atoms with Crippen molar-refractivity contribution < 1.29 is 19.6 Å². The maximum atomic E-state index is 12.2. The van der Waals surface area contributed by atoms with Crippen molar-refractivity contribution in [3.05, 3.63) is 69.8 Å². The molecule has 2 aliphatic heterocycles. The van der Waals surface area contributed by atoms with Gasteiger partial charge in [-0.1, -0.05) is 30.3 Å². The van der Waals surface area contributed by atoms with Gasteiger partial charge in [0.05, 0.1) is 30.2 Å². The van der Waals surface area contributed by atoms with Gasteiger partial charge in [-0.05, 0) is 18.1 Å². The Morgan fingerprint density at radius 3 is 2.72 bits per heavy atom. The highest BCUT2D eigenvalue weighted by Crippen LogP contribution is 2.44. The molecule has 0 saturated carbocycles. The van der Waals surface area contributed by atoms with Crippen LogP contribution in [0.15, 0.2) is 48.5 Å². The lowest BCUT2D eigenvalue weighted by molar-refractivity contribution is -0.384. The Morgan fingerprint density at radius 2 is 2.00 bits per heavy atom. The number of nitrogens with zero attached hydrogens (tertiary/aromatic N) is 1. The number of piperidine rings is 1. The standard InChI is InChI=1S/C20H22N4O5/c1-29-16-8-3-2-7-13(16)15-10-14(20(25)26)17-18(22-23-19(17)21-15)11-5-4-6-12(9-11)24(27)28/h2-9,14-15,17-19,21-23H,10H2,1H3,(H,25,26). The molecule has 4 N–H and O–H groups in total. The van der Waals surface area contributed by atoms with E-state index in [9.17, 15) is 20.0 Å². The number of nitro benzene ring substituents is 1. The molecule has 0 spiro atoms. The molecular formula is C20H22N4O5. The van der Waals surface area contributed by atoms with Crippen LogP contribution in [0.2, 0.25) is 0 Å². The third-order valence-electron chi connectivity index (χ3n) is 5.77. The molecular weight excluding hydrogens is 376 g/mol. The first kappa shape index (κ1) is 19.3. The number of hydrazine groups is 1. The number of hydrogen-bond donors (Lipinski definition) is 4. The number of methoxy groups -OCH3 is 1. The fourth-order valence-electron chi connectivity index (χ4n) is 4.45. The van der Waals surface area contributed by atoms with Crippen LogP contribution in [0.3, 0.4) is 0 Å². The minimum absolute atomic E-state index is 0.0182. The summed E-state index contributed by atoms with van der Waals surface area (Å²) in [6.45, 7) is 0. The molecule has 5 unspecified atom stereocenters. The number of para-hydroxylation sites is 1. The van der Waals surface area contributed by atoms with Crippen molar-refractivity contribution in [2.24, 2.45) is 11.8 Å². The minimum atomic E-state index is -0.887. The molecule has 2 aliphatic rings. The second-order valence-electron chi connectivity index (χ2n) is 7.32. The molecule has 9 heteroatoms. The van der Waals surface area contributed by atoms with Gasteiger partial charge >= 0.3 is 5.97 Å². The van der Waals surface area contributed by atoms with E-state index in [0.717, 1.165) is 5.56 Å². The van der Waals surface area contributed by atoms with E-state index in [2.05, 4.69) is 16.2 Å². The third-order valence-corrected chi connectivity index (χ3v) is 5.77. The second kappa shape index (κ2) is 7.78. The van der Waals surface area contributed by atoms with Crippen LogP contribution in [-0.4, -0.2) is 29.3 Å². The molecule has 2 saturated heterocycles. The summed E-state index contributed by atoms with van der Waals surface area (Å²) in [6, 6.07) is 13.3. The number of nitrogens with one attached hydrogen (secondary N) is 3. The van der Waals surface area contributed by atoms with Gasteiger partial charge in [0.15, 0.2) is 0 Å². The summed E-state index contributed by atoms with van der Waals surface area (Å²) in [5.41, 5.74) is 7.85. The SMILES string of the molecule is COc1ccccc1C1CC(C(=O)O)C2C(NNC2c2cccc([N+](=O)[O-])c2)N1. The van der Waals surface area contributed by atoms with E-state index >= 15 is 0 Å². The van der Waals surface area contributed by atoms with Crippen molar-refractivity contribution in [1.82, 2.24) is 16.2 Å². The number of hydrogen-bond acceptors (Lipinski definition) is 7. The van der Waals surface area contributed by atoms with Crippen molar-refractivity contribution in [2.75, 3.05) is 7.11 Å². The van der Waals surface area contributed by atoms with Crippen LogP contribution < -0.4 is 20.9 Å². The van der Waals surface area contributed by atoms with Gasteiger partial charge in [0, 0.05) is 29.7 Å². The number of ether oxygens (including phenoxy) is 1. The highest BCUT2D eigenvalue weighted by atomic mass is 16.6. The zero-order valence-electron chi connectivity index (χ0n) is 15.7. The molecule has 2 fully saturated rings. The first-order chi connectivity index (χ1) is 14.0. The van der Waals surface area contributed by atoms with Crippen LogP contribution >= 0.6 is 0 Å². The molecule has 2 aromatic rings. The Kier molecular flexibility index (Phi) is 5.18. The van der Waals surface area contributed by atoms with Crippen molar-refractivity contribution in [3.8, 4) is 5.75 Å². The Labute approximate surface area is 167 Å². The van der Waals surface area contributed by atoms with E-state index in [0.29, 0.717) is 17.7 Å². The summed E-state index contributed by atoms with van der Waals surface area (Å²) in [4.78, 5) is 22.8. The van der Waals surface area contributed by atoms with E-state index in [4.69, 9.17) is 4.74 Å². The number of non-ortho nitro benzene ring substituents is 1. The molecule has 0 bridgehead atoms. The fraction of sp³-hybridized carbons (Fsp3) is 0.350. The van der Waals surface area contributed by atoms with Gasteiger partial charge in [-0.3, -0.25) is 20.2 Å². The number of benzene rings is 2. The topological polar surface area (TPSA) is 126 Å². The maximum absolute atomic E-state index is 12.2. The van der Waals surface area contributed by atoms with Crippen molar-refractivity contribution in [1.29, 1.82) is 0 Å². The second-order valence-corrected chi connectivity index (χ2v) is 7.32. The molecule has 5 atom stereocenters. The number of carboxylic acids is 1. The first-order valence-corrected chi connectivity index (χ1v) is 9.36. The predicted octanol–water partition coefficient (Wildman–Crippen LogP) is 2.13. The van der Waals surface area contributed by atoms with E-state index < -0.39 is 16.8 Å². The zero-order chi connectivity index (χ0) is 20.5. The Morgan fingerprint density at radius 1 is 1.21 bits per heavy atom. The van der Waals surface area contributed by atoms with Crippen LogP contribution in [0.1, 0.15) is 29.6 Å². The van der Waals surface area contributed by atoms with Crippen LogP contribution in [0.4, 0.5) is 5.69 Å². The number of carboxylic acid groups (broad SMARTS) is 1. The molecule has 0 aliphatic carbocycles. The summed E-state index contributed by atoms with van der Waals surface area (Å²) >= 11 is 0. The van der Waals surface area contributed by atoms with Crippen LogP contribution in [0, 0.1) is 22.0 Å². The number of aliphatic carboxylic acids is 1. The summed E-state index contributed by atoms with van der Waals surface area (Å²) in [5, 5.41) is 24.6. The molecule has 0 aromatic heterocycles. The zero-order valence-corrected chi connectivity index (χ0v) is 15.7. The number of carbonyl (C=O) groups is 1. The summed E-state index contributed by atoms with van der Waals surface area (Å²) in [6.07, 6.45) is 0.0649. The van der Waals surface area contributed by atoms with Gasteiger partial charge < -0.3 is 9.84 Å². The van der Waals surface area contributed by atoms with E-state index in [1.54, 1.807) is 19.2 Å². The number of fused-ring (bicyclic) bond motifs is 1. The Bertz CT molecular complexity index is 937. The van der Waals surface area contributed by atoms with Crippen molar-refractivity contribution in [2.45, 2.75) is 24.7 Å². The highest BCUT2D eigenvalue weighted by Gasteiger charge is 2.49. The van der Waals surface area contributed by atoms with Gasteiger partial charge in [-0.25, -0.2) is 10.9 Å². The maximum Gasteiger partial charge on any atom is 0.307 e. The van der Waals surface area contributed by atoms with Gasteiger partial charge in [-0.15, -0.1) is 0 Å². The lowest BCUT2D eigenvalue weighted by Gasteiger charge is -2.39. The molecule has 0 radical (unpaired) electrons. The lowest BCUT2D eigenvalue weighted by atomic mass is 9.74. The highest BCUT2D eigenvalue weighted by molar-refractivity contribution is 5.71. The quantitative estimate of drug-likeness (QED) is 0.446. The molecule has 29 heavy (non-hydrogen) atoms. The van der Waals surface area contributed by atoms with E-state index in [-0.39, 0.29) is 29.9 Å². The number of rotatable bonds is 5. The monoisotopic (exact) mass is 398 g/mol. The fourth-order valence-corrected chi connectivity index (χ4v) is 4.45. The van der Waals surface area contributed by atoms with Crippen LogP contribution in [0.5, 0.6) is 5.75 Å². The molecule has 2 heterocycles. The molecule has 152 valence electrons.